The van der Waals surface area contributed by atoms with Crippen molar-refractivity contribution in [2.24, 2.45) is 0 Å². The molecule has 0 saturated carbocycles. The summed E-state index contributed by atoms with van der Waals surface area (Å²) in [6.07, 6.45) is 3.65. The molecule has 0 spiro atoms. The van der Waals surface area contributed by atoms with Crippen LogP contribution < -0.4 is 0 Å². The van der Waals surface area contributed by atoms with E-state index in [0.717, 1.165) is 21.9 Å². The first-order chi connectivity index (χ1) is 13.1. The molecule has 2 amide bonds. The molecule has 136 valence electrons. The first-order valence-corrected chi connectivity index (χ1v) is 9.11. The van der Waals surface area contributed by atoms with Crippen LogP contribution in [0.3, 0.4) is 0 Å². The second-order valence-electron chi connectivity index (χ2n) is 6.81. The lowest BCUT2D eigenvalue weighted by Gasteiger charge is -2.34. The van der Waals surface area contributed by atoms with Crippen LogP contribution in [-0.2, 0) is 4.79 Å². The Labute approximate surface area is 158 Å². The first-order valence-electron chi connectivity index (χ1n) is 9.11. The largest absolute Gasteiger partial charge is 0.339 e. The number of nitrogens with zero attached hydrogens (tertiary/aromatic N) is 3. The Kier molecular flexibility index (Phi) is 4.59. The second-order valence-corrected chi connectivity index (χ2v) is 6.81. The van der Waals surface area contributed by atoms with Crippen molar-refractivity contribution in [3.63, 3.8) is 0 Å². The molecule has 1 aliphatic heterocycles. The van der Waals surface area contributed by atoms with E-state index in [0.29, 0.717) is 31.7 Å². The molecule has 3 aromatic rings. The normalized spacial score (nSPS) is 14.4. The maximum atomic E-state index is 12.7. The molecule has 2 aromatic carbocycles. The number of pyridine rings is 1. The summed E-state index contributed by atoms with van der Waals surface area (Å²) in [6.45, 7) is 3.94. The average Bonchev–Trinajstić information content (AvgIpc) is 2.73. The van der Waals surface area contributed by atoms with E-state index in [1.54, 1.807) is 18.0 Å². The Balaban J connectivity index is 1.50. The molecule has 0 unspecified atom stereocenters. The number of aromatic nitrogens is 1. The zero-order valence-corrected chi connectivity index (χ0v) is 15.3. The van der Waals surface area contributed by atoms with Gasteiger partial charge in [-0.2, -0.15) is 0 Å². The Morgan fingerprint density at radius 1 is 0.815 bits per heavy atom. The first kappa shape index (κ1) is 17.2. The van der Waals surface area contributed by atoms with E-state index in [2.05, 4.69) is 23.2 Å². The van der Waals surface area contributed by atoms with E-state index in [1.165, 1.54) is 0 Å². The van der Waals surface area contributed by atoms with E-state index >= 15 is 0 Å². The zero-order chi connectivity index (χ0) is 18.8. The minimum atomic E-state index is 0.0225. The highest BCUT2D eigenvalue weighted by Gasteiger charge is 2.23. The summed E-state index contributed by atoms with van der Waals surface area (Å²) in [7, 11) is 0. The Morgan fingerprint density at radius 2 is 1.48 bits per heavy atom. The van der Waals surface area contributed by atoms with Crippen molar-refractivity contribution in [1.82, 2.24) is 14.8 Å². The van der Waals surface area contributed by atoms with E-state index in [-0.39, 0.29) is 11.8 Å². The number of rotatable bonds is 2. The SMILES string of the molecule is CC(=O)N1CCN(C(=O)c2ccc(-c3ccc4cnccc4c3)cc2)CC1. The van der Waals surface area contributed by atoms with E-state index in [9.17, 15) is 9.59 Å². The summed E-state index contributed by atoms with van der Waals surface area (Å²) >= 11 is 0. The number of fused-ring (bicyclic) bond motifs is 1. The average molecular weight is 359 g/mol. The van der Waals surface area contributed by atoms with Gasteiger partial charge in [-0.25, -0.2) is 0 Å². The van der Waals surface area contributed by atoms with E-state index < -0.39 is 0 Å². The third-order valence-corrected chi connectivity index (χ3v) is 5.12. The lowest BCUT2D eigenvalue weighted by atomic mass is 10.0. The fraction of sp³-hybridized carbons (Fsp3) is 0.227. The molecule has 0 atom stereocenters. The zero-order valence-electron chi connectivity index (χ0n) is 15.3. The molecule has 1 saturated heterocycles. The highest BCUT2D eigenvalue weighted by Crippen LogP contribution is 2.24. The van der Waals surface area contributed by atoms with Gasteiger partial charge in [-0.1, -0.05) is 24.3 Å². The van der Waals surface area contributed by atoms with Gasteiger partial charge in [0.15, 0.2) is 0 Å². The molecular weight excluding hydrogens is 338 g/mol. The van der Waals surface area contributed by atoms with Gasteiger partial charge in [-0.05, 0) is 40.8 Å². The number of carbonyl (C=O) groups excluding carboxylic acids is 2. The quantitative estimate of drug-likeness (QED) is 0.706. The number of amides is 2. The highest BCUT2D eigenvalue weighted by atomic mass is 16.2. The lowest BCUT2D eigenvalue weighted by molar-refractivity contribution is -0.130. The molecule has 0 aliphatic carbocycles. The van der Waals surface area contributed by atoms with Gasteiger partial charge >= 0.3 is 0 Å². The Hall–Kier alpha value is -3.21. The van der Waals surface area contributed by atoms with Crippen molar-refractivity contribution in [2.45, 2.75) is 6.92 Å². The highest BCUT2D eigenvalue weighted by molar-refractivity contribution is 5.95. The topological polar surface area (TPSA) is 53.5 Å². The molecule has 1 aromatic heterocycles. The monoisotopic (exact) mass is 359 g/mol. The number of benzene rings is 2. The van der Waals surface area contributed by atoms with Gasteiger partial charge < -0.3 is 9.80 Å². The predicted molar refractivity (Wildman–Crippen MR) is 105 cm³/mol. The molecule has 0 radical (unpaired) electrons. The Bertz CT molecular complexity index is 990. The van der Waals surface area contributed by atoms with Gasteiger partial charge in [0, 0.05) is 56.4 Å². The van der Waals surface area contributed by atoms with Gasteiger partial charge in [-0.15, -0.1) is 0 Å². The number of carbonyl (C=O) groups is 2. The predicted octanol–water partition coefficient (Wildman–Crippen LogP) is 3.21. The fourth-order valence-corrected chi connectivity index (χ4v) is 3.48. The molecule has 5 heteroatoms. The molecular formula is C22H21N3O2. The molecule has 1 aliphatic rings. The van der Waals surface area contributed by atoms with Gasteiger partial charge in [0.25, 0.3) is 5.91 Å². The third kappa shape index (κ3) is 3.53. The van der Waals surface area contributed by atoms with Crippen LogP contribution in [0, 0.1) is 0 Å². The van der Waals surface area contributed by atoms with Gasteiger partial charge in [0.05, 0.1) is 0 Å². The van der Waals surface area contributed by atoms with Crippen molar-refractivity contribution in [1.29, 1.82) is 0 Å². The molecule has 4 rings (SSSR count). The maximum Gasteiger partial charge on any atom is 0.253 e. The summed E-state index contributed by atoms with van der Waals surface area (Å²) in [5.41, 5.74) is 2.87. The number of hydrogen-bond acceptors (Lipinski definition) is 3. The van der Waals surface area contributed by atoms with Crippen molar-refractivity contribution in [3.05, 3.63) is 66.5 Å². The van der Waals surface area contributed by atoms with Crippen LogP contribution in [0.25, 0.3) is 21.9 Å². The fourth-order valence-electron chi connectivity index (χ4n) is 3.48. The smallest absolute Gasteiger partial charge is 0.253 e. The van der Waals surface area contributed by atoms with Gasteiger partial charge in [0.2, 0.25) is 5.91 Å². The minimum absolute atomic E-state index is 0.0225. The third-order valence-electron chi connectivity index (χ3n) is 5.12. The summed E-state index contributed by atoms with van der Waals surface area (Å²) in [5.74, 6) is 0.0898. The minimum Gasteiger partial charge on any atom is -0.339 e. The van der Waals surface area contributed by atoms with Crippen LogP contribution in [0.4, 0.5) is 0 Å². The molecule has 2 heterocycles. The van der Waals surface area contributed by atoms with Crippen LogP contribution in [0.5, 0.6) is 0 Å². The second kappa shape index (κ2) is 7.19. The van der Waals surface area contributed by atoms with Gasteiger partial charge in [-0.3, -0.25) is 14.6 Å². The van der Waals surface area contributed by atoms with E-state index in [4.69, 9.17) is 0 Å². The summed E-state index contributed by atoms with van der Waals surface area (Å²) in [6, 6.07) is 16.0. The molecule has 0 N–H and O–H groups in total. The molecule has 0 bridgehead atoms. The summed E-state index contributed by atoms with van der Waals surface area (Å²) < 4.78 is 0. The van der Waals surface area contributed by atoms with Crippen molar-refractivity contribution in [3.8, 4) is 11.1 Å². The number of piperazine rings is 1. The van der Waals surface area contributed by atoms with Crippen molar-refractivity contribution >= 4 is 22.6 Å². The maximum absolute atomic E-state index is 12.7. The standard InChI is InChI=1S/C22H21N3O2/c1-16(26)24-10-12-25(13-11-24)22(27)18-4-2-17(3-5-18)19-6-7-21-15-23-9-8-20(21)14-19/h2-9,14-15H,10-13H2,1H3. The van der Waals surface area contributed by atoms with Crippen LogP contribution in [-0.4, -0.2) is 52.8 Å². The lowest BCUT2D eigenvalue weighted by Crippen LogP contribution is -2.50. The van der Waals surface area contributed by atoms with Crippen LogP contribution in [0.15, 0.2) is 60.9 Å². The van der Waals surface area contributed by atoms with Crippen molar-refractivity contribution < 1.29 is 9.59 Å². The summed E-state index contributed by atoms with van der Waals surface area (Å²) in [4.78, 5) is 31.9. The molecule has 5 nitrogen and oxygen atoms in total. The van der Waals surface area contributed by atoms with Crippen LogP contribution in [0.2, 0.25) is 0 Å². The van der Waals surface area contributed by atoms with Gasteiger partial charge in [0.1, 0.15) is 0 Å². The van der Waals surface area contributed by atoms with Crippen LogP contribution in [0.1, 0.15) is 17.3 Å². The molecule has 27 heavy (non-hydrogen) atoms. The summed E-state index contributed by atoms with van der Waals surface area (Å²) in [5, 5.41) is 2.25. The molecule has 1 fully saturated rings. The van der Waals surface area contributed by atoms with Crippen molar-refractivity contribution in [2.75, 3.05) is 26.2 Å². The van der Waals surface area contributed by atoms with Crippen LogP contribution >= 0.6 is 0 Å². The Morgan fingerprint density at radius 3 is 2.19 bits per heavy atom. The number of hydrogen-bond donors (Lipinski definition) is 0. The van der Waals surface area contributed by atoms with E-state index in [1.807, 2.05) is 41.4 Å².